The number of nitrogens with one attached hydrogen (secondary N) is 1. The van der Waals surface area contributed by atoms with Crippen LogP contribution in [-0.2, 0) is 13.2 Å². The van der Waals surface area contributed by atoms with Crippen molar-refractivity contribution in [2.24, 2.45) is 0 Å². The third-order valence-corrected chi connectivity index (χ3v) is 4.42. The van der Waals surface area contributed by atoms with Gasteiger partial charge in [-0.1, -0.05) is 35.3 Å². The molecule has 0 radical (unpaired) electrons. The Morgan fingerprint density at radius 1 is 0.852 bits per heavy atom. The van der Waals surface area contributed by atoms with E-state index in [9.17, 15) is 0 Å². The molecular formula is C22H21Cl2NO2. The number of hydrogen-bond donors (Lipinski definition) is 1. The van der Waals surface area contributed by atoms with Crippen LogP contribution in [0, 0.1) is 0 Å². The average molecular weight is 402 g/mol. The molecule has 3 rings (SSSR count). The maximum atomic E-state index is 6.17. The Hall–Kier alpha value is -2.36. The first-order valence-electron chi connectivity index (χ1n) is 8.76. The van der Waals surface area contributed by atoms with Crippen molar-refractivity contribution in [2.75, 3.05) is 11.9 Å². The summed E-state index contributed by atoms with van der Waals surface area (Å²) in [6, 6.07) is 21.1. The molecule has 140 valence electrons. The number of anilines is 1. The maximum Gasteiger partial charge on any atom is 0.124 e. The molecule has 3 aromatic carbocycles. The zero-order chi connectivity index (χ0) is 19.1. The van der Waals surface area contributed by atoms with E-state index in [1.807, 2.05) is 73.7 Å². The van der Waals surface area contributed by atoms with Crippen molar-refractivity contribution in [2.45, 2.75) is 20.1 Å². The molecule has 5 heteroatoms. The maximum absolute atomic E-state index is 6.17. The minimum absolute atomic E-state index is 0.443. The molecule has 0 aliphatic heterocycles. The van der Waals surface area contributed by atoms with Gasteiger partial charge in [0.05, 0.1) is 6.61 Å². The van der Waals surface area contributed by atoms with Gasteiger partial charge in [-0.15, -0.1) is 0 Å². The zero-order valence-electron chi connectivity index (χ0n) is 15.0. The van der Waals surface area contributed by atoms with Gasteiger partial charge < -0.3 is 14.8 Å². The Bertz CT molecular complexity index is 882. The highest BCUT2D eigenvalue weighted by atomic mass is 35.5. The Kier molecular flexibility index (Phi) is 6.86. The van der Waals surface area contributed by atoms with Gasteiger partial charge in [0.1, 0.15) is 18.1 Å². The summed E-state index contributed by atoms with van der Waals surface area (Å²) >= 11 is 12.2. The van der Waals surface area contributed by atoms with Crippen LogP contribution in [0.25, 0.3) is 0 Å². The van der Waals surface area contributed by atoms with Crippen LogP contribution in [0.15, 0.2) is 66.7 Å². The molecule has 0 atom stereocenters. The summed E-state index contributed by atoms with van der Waals surface area (Å²) in [6.07, 6.45) is 0. The summed E-state index contributed by atoms with van der Waals surface area (Å²) in [5, 5.41) is 4.76. The van der Waals surface area contributed by atoms with Gasteiger partial charge in [0.25, 0.3) is 0 Å². The van der Waals surface area contributed by atoms with Crippen molar-refractivity contribution >= 4 is 28.9 Å². The molecule has 3 aromatic rings. The smallest absolute Gasteiger partial charge is 0.124 e. The molecule has 0 spiro atoms. The van der Waals surface area contributed by atoms with E-state index < -0.39 is 0 Å². The van der Waals surface area contributed by atoms with Crippen LogP contribution in [0.4, 0.5) is 5.69 Å². The summed E-state index contributed by atoms with van der Waals surface area (Å²) < 4.78 is 11.5. The lowest BCUT2D eigenvalue weighted by Crippen LogP contribution is -2.04. The molecule has 0 unspecified atom stereocenters. The molecule has 0 fully saturated rings. The minimum atomic E-state index is 0.443. The quantitative estimate of drug-likeness (QED) is 0.462. The number of benzene rings is 3. The summed E-state index contributed by atoms with van der Waals surface area (Å²) in [4.78, 5) is 0. The Morgan fingerprint density at radius 3 is 2.37 bits per heavy atom. The van der Waals surface area contributed by atoms with E-state index in [1.165, 1.54) is 0 Å². The predicted octanol–water partition coefficient (Wildman–Crippen LogP) is 6.58. The molecule has 0 aliphatic carbocycles. The normalized spacial score (nSPS) is 10.5. The Morgan fingerprint density at radius 2 is 1.63 bits per heavy atom. The lowest BCUT2D eigenvalue weighted by molar-refractivity contribution is 0.303. The van der Waals surface area contributed by atoms with Gasteiger partial charge in [-0.2, -0.15) is 0 Å². The average Bonchev–Trinajstić information content (AvgIpc) is 2.67. The second-order valence-electron chi connectivity index (χ2n) is 5.98. The minimum Gasteiger partial charge on any atom is -0.494 e. The number of halogens is 2. The predicted molar refractivity (Wildman–Crippen MR) is 112 cm³/mol. The van der Waals surface area contributed by atoms with Crippen LogP contribution < -0.4 is 14.8 Å². The van der Waals surface area contributed by atoms with E-state index in [0.29, 0.717) is 29.8 Å². The largest absolute Gasteiger partial charge is 0.494 e. The SMILES string of the molecule is CCOc1ccc(NCc2cc(Cl)ccc2OCc2cccc(Cl)c2)cc1. The van der Waals surface area contributed by atoms with Gasteiger partial charge in [-0.3, -0.25) is 0 Å². The van der Waals surface area contributed by atoms with E-state index in [-0.39, 0.29) is 0 Å². The molecule has 3 nitrogen and oxygen atoms in total. The molecule has 0 aliphatic rings. The molecule has 0 saturated heterocycles. The van der Waals surface area contributed by atoms with Crippen molar-refractivity contribution in [3.05, 3.63) is 87.9 Å². The Balaban J connectivity index is 1.66. The van der Waals surface area contributed by atoms with Gasteiger partial charge in [0, 0.05) is 27.8 Å². The fraction of sp³-hybridized carbons (Fsp3) is 0.182. The molecule has 0 bridgehead atoms. The van der Waals surface area contributed by atoms with E-state index in [0.717, 1.165) is 28.3 Å². The highest BCUT2D eigenvalue weighted by Crippen LogP contribution is 2.26. The lowest BCUT2D eigenvalue weighted by atomic mass is 10.2. The summed E-state index contributed by atoms with van der Waals surface area (Å²) in [7, 11) is 0. The Labute approximate surface area is 169 Å². The topological polar surface area (TPSA) is 30.5 Å². The van der Waals surface area contributed by atoms with Crippen molar-refractivity contribution < 1.29 is 9.47 Å². The number of hydrogen-bond acceptors (Lipinski definition) is 3. The van der Waals surface area contributed by atoms with Gasteiger partial charge in [0.15, 0.2) is 0 Å². The van der Waals surface area contributed by atoms with E-state index in [2.05, 4.69) is 5.32 Å². The monoisotopic (exact) mass is 401 g/mol. The molecule has 0 saturated carbocycles. The van der Waals surface area contributed by atoms with Crippen LogP contribution in [0.3, 0.4) is 0 Å². The number of rotatable bonds is 8. The number of ether oxygens (including phenoxy) is 2. The first kappa shape index (κ1) is 19.4. The van der Waals surface area contributed by atoms with Crippen molar-refractivity contribution in [1.29, 1.82) is 0 Å². The van der Waals surface area contributed by atoms with Crippen LogP contribution in [0.5, 0.6) is 11.5 Å². The fourth-order valence-corrected chi connectivity index (χ4v) is 3.06. The van der Waals surface area contributed by atoms with E-state index in [1.54, 1.807) is 0 Å². The molecule has 0 amide bonds. The highest BCUT2D eigenvalue weighted by molar-refractivity contribution is 6.30. The fourth-order valence-electron chi connectivity index (χ4n) is 2.65. The van der Waals surface area contributed by atoms with E-state index in [4.69, 9.17) is 32.7 Å². The molecule has 1 N–H and O–H groups in total. The summed E-state index contributed by atoms with van der Waals surface area (Å²) in [5.41, 5.74) is 3.00. The first-order chi connectivity index (χ1) is 13.1. The summed E-state index contributed by atoms with van der Waals surface area (Å²) in [5.74, 6) is 1.65. The van der Waals surface area contributed by atoms with Gasteiger partial charge in [-0.25, -0.2) is 0 Å². The van der Waals surface area contributed by atoms with Crippen LogP contribution in [0.1, 0.15) is 18.1 Å². The standard InChI is InChI=1S/C22H21Cl2NO2/c1-2-26-21-9-7-20(8-10-21)25-14-17-13-19(24)6-11-22(17)27-15-16-4-3-5-18(23)12-16/h3-13,25H,2,14-15H2,1H3. The van der Waals surface area contributed by atoms with Crippen LogP contribution in [-0.4, -0.2) is 6.61 Å². The van der Waals surface area contributed by atoms with Gasteiger partial charge >= 0.3 is 0 Å². The van der Waals surface area contributed by atoms with Crippen molar-refractivity contribution in [3.63, 3.8) is 0 Å². The molecule has 0 heterocycles. The van der Waals surface area contributed by atoms with Crippen LogP contribution >= 0.6 is 23.2 Å². The van der Waals surface area contributed by atoms with Gasteiger partial charge in [0.2, 0.25) is 0 Å². The zero-order valence-corrected chi connectivity index (χ0v) is 16.6. The third-order valence-electron chi connectivity index (χ3n) is 3.95. The third kappa shape index (κ3) is 5.81. The van der Waals surface area contributed by atoms with Gasteiger partial charge in [-0.05, 0) is 67.1 Å². The first-order valence-corrected chi connectivity index (χ1v) is 9.52. The van der Waals surface area contributed by atoms with E-state index >= 15 is 0 Å². The molecule has 27 heavy (non-hydrogen) atoms. The van der Waals surface area contributed by atoms with Crippen molar-refractivity contribution in [3.8, 4) is 11.5 Å². The summed E-state index contributed by atoms with van der Waals surface area (Å²) in [6.45, 7) is 3.66. The molecule has 0 aromatic heterocycles. The molecular weight excluding hydrogens is 381 g/mol. The van der Waals surface area contributed by atoms with Crippen molar-refractivity contribution in [1.82, 2.24) is 0 Å². The lowest BCUT2D eigenvalue weighted by Gasteiger charge is -2.14. The second-order valence-corrected chi connectivity index (χ2v) is 6.85. The highest BCUT2D eigenvalue weighted by Gasteiger charge is 2.06. The van der Waals surface area contributed by atoms with Crippen LogP contribution in [0.2, 0.25) is 10.0 Å². The second kappa shape index (κ2) is 9.54.